The second-order valence-corrected chi connectivity index (χ2v) is 9.65. The summed E-state index contributed by atoms with van der Waals surface area (Å²) >= 11 is 6.02. The number of benzene rings is 3. The fraction of sp³-hybridized carbons (Fsp3) is 0.276. The van der Waals surface area contributed by atoms with Gasteiger partial charge >= 0.3 is 5.97 Å². The van der Waals surface area contributed by atoms with Gasteiger partial charge in [-0.1, -0.05) is 66.2 Å². The summed E-state index contributed by atoms with van der Waals surface area (Å²) in [5.41, 5.74) is 4.64. The van der Waals surface area contributed by atoms with E-state index in [2.05, 4.69) is 11.4 Å². The second-order valence-electron chi connectivity index (χ2n) is 9.22. The van der Waals surface area contributed by atoms with E-state index in [9.17, 15) is 19.5 Å². The molecule has 2 atom stereocenters. The third-order valence-electron chi connectivity index (χ3n) is 6.62. The molecule has 1 fully saturated rings. The van der Waals surface area contributed by atoms with E-state index in [1.54, 1.807) is 29.2 Å². The number of aliphatic carboxylic acids is 1. The molecule has 3 aromatic carbocycles. The van der Waals surface area contributed by atoms with E-state index in [1.165, 1.54) is 0 Å². The molecule has 0 aromatic heterocycles. The number of hydrogen-bond donors (Lipinski definition) is 2. The van der Waals surface area contributed by atoms with Gasteiger partial charge in [0.2, 0.25) is 5.91 Å². The minimum absolute atomic E-state index is 0.174. The number of carboxylic acid groups (broad SMARTS) is 1. The van der Waals surface area contributed by atoms with Crippen LogP contribution >= 0.6 is 11.6 Å². The van der Waals surface area contributed by atoms with Crippen molar-refractivity contribution in [1.29, 1.82) is 0 Å². The topological polar surface area (TPSA) is 86.7 Å². The van der Waals surface area contributed by atoms with Gasteiger partial charge in [-0.15, -0.1) is 0 Å². The van der Waals surface area contributed by atoms with E-state index in [-0.39, 0.29) is 24.8 Å². The lowest BCUT2D eigenvalue weighted by molar-refractivity contribution is -0.142. The average Bonchev–Trinajstić information content (AvgIpc) is 2.88. The van der Waals surface area contributed by atoms with Gasteiger partial charge in [-0.05, 0) is 60.2 Å². The van der Waals surface area contributed by atoms with Gasteiger partial charge < -0.3 is 15.3 Å². The third kappa shape index (κ3) is 6.13. The monoisotopic (exact) mass is 504 g/mol. The molecule has 1 aliphatic rings. The standard InChI is InChI=1S/C29H29ClN2O4/c1-19-6-2-3-10-25(19)21-13-11-20(12-14-21)16-26(29(35)36)31-27(33)23-8-5-15-32(18-23)28(34)22-7-4-9-24(30)17-22/h2-4,6-7,9-14,17,23,26H,5,8,15-16,18H2,1H3,(H,31,33)(H,35,36)/t23?,26-/m0/s1. The first-order valence-corrected chi connectivity index (χ1v) is 12.4. The number of carboxylic acids is 1. The van der Waals surface area contributed by atoms with Crippen LogP contribution in [0.25, 0.3) is 11.1 Å². The summed E-state index contributed by atoms with van der Waals surface area (Å²) in [5, 5.41) is 13.0. The van der Waals surface area contributed by atoms with Crippen LogP contribution in [0.5, 0.6) is 0 Å². The largest absolute Gasteiger partial charge is 0.480 e. The van der Waals surface area contributed by atoms with Crippen LogP contribution < -0.4 is 5.32 Å². The van der Waals surface area contributed by atoms with E-state index >= 15 is 0 Å². The van der Waals surface area contributed by atoms with Crippen molar-refractivity contribution in [3.63, 3.8) is 0 Å². The predicted molar refractivity (Wildman–Crippen MR) is 140 cm³/mol. The van der Waals surface area contributed by atoms with E-state index in [0.29, 0.717) is 30.0 Å². The van der Waals surface area contributed by atoms with Gasteiger partial charge in [-0.25, -0.2) is 4.79 Å². The lowest BCUT2D eigenvalue weighted by Crippen LogP contribution is -2.50. The fourth-order valence-corrected chi connectivity index (χ4v) is 4.81. The molecule has 0 bridgehead atoms. The molecule has 4 rings (SSSR count). The quantitative estimate of drug-likeness (QED) is 0.475. The Morgan fingerprint density at radius 1 is 1.06 bits per heavy atom. The van der Waals surface area contributed by atoms with Gasteiger partial charge in [-0.3, -0.25) is 9.59 Å². The Kier molecular flexibility index (Phi) is 8.06. The van der Waals surface area contributed by atoms with Crippen LogP contribution in [0.15, 0.2) is 72.8 Å². The summed E-state index contributed by atoms with van der Waals surface area (Å²) < 4.78 is 0. The smallest absolute Gasteiger partial charge is 0.326 e. The number of aryl methyl sites for hydroxylation is 1. The highest BCUT2D eigenvalue weighted by atomic mass is 35.5. The molecule has 2 N–H and O–H groups in total. The minimum Gasteiger partial charge on any atom is -0.480 e. The fourth-order valence-electron chi connectivity index (χ4n) is 4.62. The van der Waals surface area contributed by atoms with E-state index in [4.69, 9.17) is 11.6 Å². The van der Waals surface area contributed by atoms with Gasteiger partial charge in [-0.2, -0.15) is 0 Å². The molecule has 7 heteroatoms. The third-order valence-corrected chi connectivity index (χ3v) is 6.85. The Labute approximate surface area is 215 Å². The summed E-state index contributed by atoms with van der Waals surface area (Å²) in [6, 6.07) is 21.5. The number of amides is 2. The van der Waals surface area contributed by atoms with Crippen LogP contribution in [0, 0.1) is 12.8 Å². The first kappa shape index (κ1) is 25.5. The van der Waals surface area contributed by atoms with Crippen molar-refractivity contribution in [1.82, 2.24) is 10.2 Å². The van der Waals surface area contributed by atoms with Crippen molar-refractivity contribution >= 4 is 29.4 Å². The lowest BCUT2D eigenvalue weighted by atomic mass is 9.95. The van der Waals surface area contributed by atoms with Crippen LogP contribution in [-0.2, 0) is 16.0 Å². The number of carbonyl (C=O) groups excluding carboxylic acids is 2. The maximum Gasteiger partial charge on any atom is 0.326 e. The van der Waals surface area contributed by atoms with Crippen molar-refractivity contribution < 1.29 is 19.5 Å². The van der Waals surface area contributed by atoms with Crippen LogP contribution in [0.4, 0.5) is 0 Å². The van der Waals surface area contributed by atoms with Crippen LogP contribution in [0.1, 0.15) is 34.3 Å². The second kappa shape index (κ2) is 11.4. The van der Waals surface area contributed by atoms with Gasteiger partial charge in [0, 0.05) is 30.1 Å². The zero-order valence-electron chi connectivity index (χ0n) is 20.1. The molecule has 1 saturated heterocycles. The number of halogens is 1. The maximum absolute atomic E-state index is 13.0. The normalized spacial score (nSPS) is 16.3. The molecule has 1 heterocycles. The molecule has 6 nitrogen and oxygen atoms in total. The number of hydrogen-bond acceptors (Lipinski definition) is 3. The minimum atomic E-state index is -1.09. The molecule has 0 spiro atoms. The molecular weight excluding hydrogens is 476 g/mol. The molecule has 1 unspecified atom stereocenters. The molecule has 0 saturated carbocycles. The summed E-state index contributed by atoms with van der Waals surface area (Å²) in [7, 11) is 0. The number of rotatable bonds is 7. The Hall–Kier alpha value is -3.64. The van der Waals surface area contributed by atoms with Crippen LogP contribution in [0.3, 0.4) is 0 Å². The summed E-state index contributed by atoms with van der Waals surface area (Å²) in [6.07, 6.45) is 1.44. The summed E-state index contributed by atoms with van der Waals surface area (Å²) in [4.78, 5) is 39.5. The summed E-state index contributed by atoms with van der Waals surface area (Å²) in [6.45, 7) is 2.84. The van der Waals surface area contributed by atoms with Crippen molar-refractivity contribution in [2.45, 2.75) is 32.2 Å². The SMILES string of the molecule is Cc1ccccc1-c1ccc(C[C@H](NC(=O)C2CCCN(C(=O)c3cccc(Cl)c3)C2)C(=O)O)cc1. The highest BCUT2D eigenvalue weighted by molar-refractivity contribution is 6.30. The number of likely N-dealkylation sites (tertiary alicyclic amines) is 1. The predicted octanol–water partition coefficient (Wildman–Crippen LogP) is 4.98. The van der Waals surface area contributed by atoms with Gasteiger partial charge in [0.05, 0.1) is 5.92 Å². The van der Waals surface area contributed by atoms with Crippen molar-refractivity contribution in [3.05, 3.63) is 94.5 Å². The van der Waals surface area contributed by atoms with E-state index in [1.807, 2.05) is 49.4 Å². The van der Waals surface area contributed by atoms with Crippen molar-refractivity contribution in [2.24, 2.45) is 5.92 Å². The van der Waals surface area contributed by atoms with Crippen molar-refractivity contribution in [2.75, 3.05) is 13.1 Å². The molecule has 0 radical (unpaired) electrons. The molecular formula is C29H29ClN2O4. The molecule has 36 heavy (non-hydrogen) atoms. The Balaban J connectivity index is 1.39. The highest BCUT2D eigenvalue weighted by Crippen LogP contribution is 2.24. The first-order chi connectivity index (χ1) is 17.3. The molecule has 186 valence electrons. The highest BCUT2D eigenvalue weighted by Gasteiger charge is 2.31. The molecule has 0 aliphatic carbocycles. The number of carbonyl (C=O) groups is 3. The maximum atomic E-state index is 13.0. The zero-order chi connectivity index (χ0) is 25.7. The van der Waals surface area contributed by atoms with Gasteiger partial charge in [0.1, 0.15) is 6.04 Å². The van der Waals surface area contributed by atoms with Gasteiger partial charge in [0.15, 0.2) is 0 Å². The number of piperidine rings is 1. The number of nitrogens with zero attached hydrogens (tertiary/aromatic N) is 1. The number of nitrogens with one attached hydrogen (secondary N) is 1. The molecule has 2 amide bonds. The zero-order valence-corrected chi connectivity index (χ0v) is 20.9. The van der Waals surface area contributed by atoms with Crippen LogP contribution in [0.2, 0.25) is 5.02 Å². The van der Waals surface area contributed by atoms with Gasteiger partial charge in [0.25, 0.3) is 5.91 Å². The Morgan fingerprint density at radius 2 is 1.81 bits per heavy atom. The Morgan fingerprint density at radius 3 is 2.50 bits per heavy atom. The average molecular weight is 505 g/mol. The van der Waals surface area contributed by atoms with E-state index in [0.717, 1.165) is 22.3 Å². The van der Waals surface area contributed by atoms with Crippen molar-refractivity contribution in [3.8, 4) is 11.1 Å². The molecule has 1 aliphatic heterocycles. The lowest BCUT2D eigenvalue weighted by Gasteiger charge is -2.32. The Bertz CT molecular complexity index is 1260. The summed E-state index contributed by atoms with van der Waals surface area (Å²) in [5.74, 6) is -2.08. The first-order valence-electron chi connectivity index (χ1n) is 12.0. The van der Waals surface area contributed by atoms with Crippen LogP contribution in [-0.4, -0.2) is 46.9 Å². The van der Waals surface area contributed by atoms with E-state index < -0.39 is 17.9 Å². The molecule has 3 aromatic rings.